The highest BCUT2D eigenvalue weighted by Gasteiger charge is 2.33. The van der Waals surface area contributed by atoms with Gasteiger partial charge in [-0.2, -0.15) is 0 Å². The largest absolute Gasteiger partial charge is 0.372 e. The summed E-state index contributed by atoms with van der Waals surface area (Å²) in [5, 5.41) is 0. The van der Waals surface area contributed by atoms with Gasteiger partial charge >= 0.3 is 0 Å². The molecule has 0 saturated carbocycles. The molecule has 3 heterocycles. The molecule has 55 heavy (non-hydrogen) atoms. The Morgan fingerprint density at radius 3 is 2.16 bits per heavy atom. The maximum Gasteiger partial charge on any atom is 0.255 e. The highest BCUT2D eigenvalue weighted by atomic mass is 16.2. The molecule has 3 aromatic carbocycles. The van der Waals surface area contributed by atoms with Crippen LogP contribution in [0.5, 0.6) is 0 Å². The van der Waals surface area contributed by atoms with Crippen molar-refractivity contribution >= 4 is 18.2 Å². The lowest BCUT2D eigenvalue weighted by molar-refractivity contribution is -0.131. The van der Waals surface area contributed by atoms with Gasteiger partial charge in [-0.15, -0.1) is 0 Å². The lowest BCUT2D eigenvalue weighted by atomic mass is 9.87. The van der Waals surface area contributed by atoms with Crippen molar-refractivity contribution in [2.75, 3.05) is 27.2 Å². The van der Waals surface area contributed by atoms with Crippen molar-refractivity contribution in [1.29, 1.82) is 0 Å². The Morgan fingerprint density at radius 1 is 0.855 bits per heavy atom. The monoisotopic (exact) mass is 745 g/mol. The second kappa shape index (κ2) is 19.3. The van der Waals surface area contributed by atoms with Crippen LogP contribution in [0, 0.1) is 6.92 Å². The van der Waals surface area contributed by atoms with Crippen LogP contribution in [0.25, 0.3) is 11.3 Å². The number of carbonyl (C=O) groups excluding carboxylic acids is 3. The van der Waals surface area contributed by atoms with Crippen LogP contribution >= 0.6 is 0 Å². The molecule has 1 aromatic heterocycles. The van der Waals surface area contributed by atoms with Crippen LogP contribution in [-0.2, 0) is 68.3 Å². The zero-order valence-corrected chi connectivity index (χ0v) is 34.4. The minimum Gasteiger partial charge on any atom is -0.372 e. The average molecular weight is 746 g/mol. The number of carbonyl (C=O) groups is 3. The summed E-state index contributed by atoms with van der Waals surface area (Å²) in [7, 11) is 6.37. The zero-order valence-electron chi connectivity index (χ0n) is 34.4. The number of nitrogens with two attached hydrogens (primary N) is 1. The third kappa shape index (κ3) is 9.58. The number of hydrogen-bond donors (Lipinski definition) is 1. The molecule has 2 aliphatic heterocycles. The summed E-state index contributed by atoms with van der Waals surface area (Å²) in [6, 6.07) is 21.5. The fourth-order valence-corrected chi connectivity index (χ4v) is 8.48. The molecule has 4 aromatic rings. The van der Waals surface area contributed by atoms with Gasteiger partial charge in [0, 0.05) is 56.1 Å². The van der Waals surface area contributed by atoms with Crippen molar-refractivity contribution in [3.63, 3.8) is 0 Å². The molecule has 0 radical (unpaired) electrons. The summed E-state index contributed by atoms with van der Waals surface area (Å²) in [6.45, 7) is 11.8. The third-order valence-corrected chi connectivity index (χ3v) is 11.7. The van der Waals surface area contributed by atoms with E-state index in [2.05, 4.69) is 124 Å². The number of hydrogen-bond acceptors (Lipinski definition) is 4. The quantitative estimate of drug-likeness (QED) is 0.143. The smallest absolute Gasteiger partial charge is 0.255 e. The van der Waals surface area contributed by atoms with Crippen LogP contribution in [0.1, 0.15) is 107 Å². The van der Waals surface area contributed by atoms with Crippen LogP contribution in [0.15, 0.2) is 60.7 Å². The molecule has 3 amide bonds. The van der Waals surface area contributed by atoms with Gasteiger partial charge in [0.1, 0.15) is 0 Å². The van der Waals surface area contributed by atoms with Gasteiger partial charge in [0.2, 0.25) is 12.3 Å². The Bertz CT molecular complexity index is 1960. The van der Waals surface area contributed by atoms with Crippen LogP contribution in [0.4, 0.5) is 0 Å². The maximum absolute atomic E-state index is 15.0. The predicted octanol–water partition coefficient (Wildman–Crippen LogP) is 7.61. The fraction of sp³-hybridized carbons (Fsp3) is 0.468. The summed E-state index contributed by atoms with van der Waals surface area (Å²) in [4.78, 5) is 43.8. The number of benzene rings is 3. The number of primary amides is 1. The Hall–Kier alpha value is -4.69. The van der Waals surface area contributed by atoms with Gasteiger partial charge in [-0.3, -0.25) is 14.4 Å². The Morgan fingerprint density at radius 2 is 1.49 bits per heavy atom. The van der Waals surface area contributed by atoms with E-state index in [0.29, 0.717) is 26.1 Å². The number of amides is 3. The van der Waals surface area contributed by atoms with E-state index in [1.165, 1.54) is 44.8 Å². The summed E-state index contributed by atoms with van der Waals surface area (Å²) < 4.78 is 2.37. The second-order valence-electron chi connectivity index (χ2n) is 15.8. The highest BCUT2D eigenvalue weighted by molar-refractivity contribution is 6.02. The molecular formula is C47H63N5O3. The Labute approximate surface area is 329 Å². The summed E-state index contributed by atoms with van der Waals surface area (Å²) >= 11 is 0. The van der Waals surface area contributed by atoms with Crippen LogP contribution in [0.3, 0.4) is 0 Å². The van der Waals surface area contributed by atoms with Crippen LogP contribution in [-0.4, -0.2) is 70.7 Å². The molecule has 8 nitrogen and oxygen atoms in total. The Balaban J connectivity index is 0.00000187. The van der Waals surface area contributed by atoms with Gasteiger partial charge in [-0.1, -0.05) is 75.2 Å². The van der Waals surface area contributed by atoms with E-state index in [9.17, 15) is 4.79 Å². The molecule has 0 bridgehead atoms. The van der Waals surface area contributed by atoms with Crippen LogP contribution < -0.4 is 5.73 Å². The third-order valence-electron chi connectivity index (χ3n) is 11.7. The number of likely N-dealkylation sites (N-methyl/N-ethyl adjacent to an activating group) is 1. The number of fused-ring (bicyclic) bond motifs is 2. The van der Waals surface area contributed by atoms with Crippen molar-refractivity contribution < 1.29 is 14.4 Å². The minimum atomic E-state index is 0.0896. The van der Waals surface area contributed by atoms with E-state index in [4.69, 9.17) is 4.79 Å². The van der Waals surface area contributed by atoms with E-state index < -0.39 is 0 Å². The molecule has 2 aliphatic rings. The summed E-state index contributed by atoms with van der Waals surface area (Å²) in [5.41, 5.74) is 18.7. The molecule has 8 heteroatoms. The normalized spacial score (nSPS) is 14.9. The molecule has 2 N–H and O–H groups in total. The number of aromatic nitrogens is 1. The molecule has 294 valence electrons. The minimum absolute atomic E-state index is 0.0896. The number of unbranched alkanes of at least 4 members (excludes halogenated alkanes) is 2. The van der Waals surface area contributed by atoms with Crippen molar-refractivity contribution in [3.05, 3.63) is 116 Å². The molecule has 0 fully saturated rings. The van der Waals surface area contributed by atoms with Gasteiger partial charge in [0.15, 0.2) is 0 Å². The summed E-state index contributed by atoms with van der Waals surface area (Å²) in [6.07, 6.45) is 9.87. The van der Waals surface area contributed by atoms with E-state index >= 15 is 4.79 Å². The van der Waals surface area contributed by atoms with Crippen molar-refractivity contribution in [2.45, 2.75) is 111 Å². The summed E-state index contributed by atoms with van der Waals surface area (Å²) in [5.74, 6) is 0.245. The van der Waals surface area contributed by atoms with Gasteiger partial charge in [-0.05, 0) is 130 Å². The van der Waals surface area contributed by atoms with E-state index in [1.54, 1.807) is 0 Å². The number of rotatable bonds is 13. The first-order valence-corrected chi connectivity index (χ1v) is 20.4. The molecule has 0 saturated heterocycles. The van der Waals surface area contributed by atoms with E-state index in [1.807, 2.05) is 11.0 Å². The van der Waals surface area contributed by atoms with Crippen molar-refractivity contribution in [2.24, 2.45) is 12.8 Å². The molecule has 6 rings (SSSR count). The van der Waals surface area contributed by atoms with Gasteiger partial charge < -0.3 is 25.0 Å². The molecule has 0 unspecified atom stereocenters. The second-order valence-corrected chi connectivity index (χ2v) is 15.8. The van der Waals surface area contributed by atoms with Crippen molar-refractivity contribution in [3.8, 4) is 11.3 Å². The van der Waals surface area contributed by atoms with Crippen LogP contribution in [0.2, 0.25) is 0 Å². The topological polar surface area (TPSA) is 91.9 Å². The zero-order chi connectivity index (χ0) is 39.6. The highest BCUT2D eigenvalue weighted by Crippen LogP contribution is 2.39. The lowest BCUT2D eigenvalue weighted by Crippen LogP contribution is -2.43. The number of nitrogens with zero attached hydrogens (tertiary/aromatic N) is 4. The van der Waals surface area contributed by atoms with Gasteiger partial charge in [0.05, 0.1) is 12.1 Å². The molecule has 0 spiro atoms. The first kappa shape index (κ1) is 41.5. The average Bonchev–Trinajstić information content (AvgIpc) is 3.41. The van der Waals surface area contributed by atoms with E-state index in [-0.39, 0.29) is 24.3 Å². The van der Waals surface area contributed by atoms with Crippen molar-refractivity contribution in [1.82, 2.24) is 19.3 Å². The fourth-order valence-electron chi connectivity index (χ4n) is 8.48. The Kier molecular flexibility index (Phi) is 14.5. The lowest BCUT2D eigenvalue weighted by Gasteiger charge is -2.36. The predicted molar refractivity (Wildman–Crippen MR) is 224 cm³/mol. The van der Waals surface area contributed by atoms with E-state index in [0.717, 1.165) is 86.6 Å². The molecule has 1 atom stereocenters. The molecular weight excluding hydrogens is 683 g/mol. The first-order chi connectivity index (χ1) is 26.5. The van der Waals surface area contributed by atoms with Gasteiger partial charge in [0.25, 0.3) is 5.91 Å². The maximum atomic E-state index is 15.0. The standard InChI is InChI=1S/C46H60N4O2.CH3NO/c1-8-10-20-40-33(4)48(7)45(41(40)21-11-9-2)42-27-37-23-25-49(44(51)29-36-18-13-12-16-34(36)22-24-47(5)6)30-39(37)28-43(42)46(52)50-31-38-19-15-14-17-35(38)26-32(50)3;2-1-3/h12-19,27-28,32H,8-11,20-26,29-31H2,1-7H3;1H,(H2,2,3)/t32-;/m1./s1. The molecule has 0 aliphatic carbocycles. The first-order valence-electron chi connectivity index (χ1n) is 20.4. The van der Waals surface area contributed by atoms with Gasteiger partial charge in [-0.25, -0.2) is 0 Å². The SMILES string of the molecule is CCCCc1c(CCCC)c(-c2cc3c(cc2C(=O)N2Cc4ccccc4C[C@H]2C)CN(C(=O)Cc2ccccc2CCN(C)C)CC3)n(C)c1C.NC=O.